The van der Waals surface area contributed by atoms with E-state index in [0.717, 1.165) is 18.5 Å². The summed E-state index contributed by atoms with van der Waals surface area (Å²) in [6.45, 7) is 1.14. The second kappa shape index (κ2) is 7.90. The Bertz CT molecular complexity index is 846. The van der Waals surface area contributed by atoms with Gasteiger partial charge in [-0.25, -0.2) is 9.59 Å². The molecule has 142 valence electrons. The van der Waals surface area contributed by atoms with Crippen LogP contribution in [0.25, 0.3) is 0 Å². The molecule has 27 heavy (non-hydrogen) atoms. The summed E-state index contributed by atoms with van der Waals surface area (Å²) in [6.07, 6.45) is 1.72. The number of piperidine rings is 1. The van der Waals surface area contributed by atoms with Crippen LogP contribution in [0.2, 0.25) is 0 Å². The van der Waals surface area contributed by atoms with Gasteiger partial charge in [0.25, 0.3) is 5.91 Å². The fourth-order valence-corrected chi connectivity index (χ4v) is 3.10. The number of nitrogens with one attached hydrogen (secondary N) is 2. The first-order valence-electron chi connectivity index (χ1n) is 8.57. The van der Waals surface area contributed by atoms with Gasteiger partial charge in [0, 0.05) is 30.4 Å². The van der Waals surface area contributed by atoms with Gasteiger partial charge in [0.1, 0.15) is 5.69 Å². The van der Waals surface area contributed by atoms with Gasteiger partial charge in [0.05, 0.1) is 12.7 Å². The van der Waals surface area contributed by atoms with E-state index in [2.05, 4.69) is 20.3 Å². The number of primary amides is 1. The van der Waals surface area contributed by atoms with Crippen LogP contribution >= 0.6 is 0 Å². The monoisotopic (exact) mass is 371 g/mol. The Labute approximate surface area is 155 Å². The van der Waals surface area contributed by atoms with Crippen LogP contribution in [0.15, 0.2) is 30.3 Å². The molecule has 0 radical (unpaired) electrons. The summed E-state index contributed by atoms with van der Waals surface area (Å²) in [7, 11) is 1.32. The molecule has 0 aliphatic carbocycles. The zero-order valence-corrected chi connectivity index (χ0v) is 14.9. The Morgan fingerprint density at radius 1 is 1.30 bits per heavy atom. The summed E-state index contributed by atoms with van der Waals surface area (Å²) >= 11 is 0. The highest BCUT2D eigenvalue weighted by Crippen LogP contribution is 2.26. The van der Waals surface area contributed by atoms with E-state index < -0.39 is 11.9 Å². The minimum Gasteiger partial charge on any atom is -0.465 e. The summed E-state index contributed by atoms with van der Waals surface area (Å²) in [6, 6.07) is 7.91. The van der Waals surface area contributed by atoms with Crippen molar-refractivity contribution < 1.29 is 19.1 Å². The third-order valence-electron chi connectivity index (χ3n) is 4.56. The molecule has 1 aromatic heterocycles. The van der Waals surface area contributed by atoms with E-state index in [0.29, 0.717) is 24.3 Å². The molecule has 0 bridgehead atoms. The van der Waals surface area contributed by atoms with Gasteiger partial charge >= 0.3 is 12.0 Å². The van der Waals surface area contributed by atoms with Gasteiger partial charge < -0.3 is 20.7 Å². The molecule has 1 saturated heterocycles. The van der Waals surface area contributed by atoms with E-state index in [1.807, 2.05) is 0 Å². The van der Waals surface area contributed by atoms with E-state index in [1.54, 1.807) is 35.2 Å². The molecule has 1 fully saturated rings. The summed E-state index contributed by atoms with van der Waals surface area (Å²) in [4.78, 5) is 36.9. The number of carbonyl (C=O) groups is 3. The minimum absolute atomic E-state index is 0.0619. The number of amides is 3. The molecule has 2 heterocycles. The number of esters is 1. The van der Waals surface area contributed by atoms with Crippen molar-refractivity contribution in [1.82, 2.24) is 15.1 Å². The first-order chi connectivity index (χ1) is 13.0. The molecule has 9 heteroatoms. The van der Waals surface area contributed by atoms with Gasteiger partial charge in [-0.2, -0.15) is 5.10 Å². The van der Waals surface area contributed by atoms with E-state index in [-0.39, 0.29) is 17.6 Å². The number of aromatic nitrogens is 2. The number of likely N-dealkylation sites (tertiary alicyclic amines) is 1. The van der Waals surface area contributed by atoms with Crippen molar-refractivity contribution in [1.29, 1.82) is 0 Å². The second-order valence-corrected chi connectivity index (χ2v) is 6.36. The summed E-state index contributed by atoms with van der Waals surface area (Å²) in [5, 5.41) is 9.56. The van der Waals surface area contributed by atoms with Crippen molar-refractivity contribution in [3.63, 3.8) is 0 Å². The number of methoxy groups -OCH3 is 1. The number of hydrogen-bond acceptors (Lipinski definition) is 5. The van der Waals surface area contributed by atoms with Gasteiger partial charge in [-0.1, -0.05) is 0 Å². The number of anilines is 1. The topological polar surface area (TPSA) is 130 Å². The molecule has 9 nitrogen and oxygen atoms in total. The van der Waals surface area contributed by atoms with E-state index in [9.17, 15) is 14.4 Å². The number of nitrogens with zero attached hydrogens (tertiary/aromatic N) is 2. The van der Waals surface area contributed by atoms with Crippen LogP contribution in [-0.2, 0) is 4.74 Å². The van der Waals surface area contributed by atoms with E-state index in [1.165, 1.54) is 7.11 Å². The molecule has 0 saturated carbocycles. The molecule has 1 aromatic carbocycles. The van der Waals surface area contributed by atoms with Gasteiger partial charge in [-0.15, -0.1) is 0 Å². The number of benzene rings is 1. The average Bonchev–Trinajstić information content (AvgIpc) is 3.19. The van der Waals surface area contributed by atoms with Crippen molar-refractivity contribution in [2.75, 3.05) is 25.5 Å². The number of ether oxygens (including phenoxy) is 1. The van der Waals surface area contributed by atoms with Gasteiger partial charge in [-0.3, -0.25) is 9.89 Å². The highest BCUT2D eigenvalue weighted by atomic mass is 16.5. The SMILES string of the molecule is COC(=O)c1ccc(NC(=O)N2CCC[C@H](c3cc(C(N)=O)n[nH]3)C2)cc1. The van der Waals surface area contributed by atoms with Crippen molar-refractivity contribution in [2.45, 2.75) is 18.8 Å². The zero-order chi connectivity index (χ0) is 19.4. The van der Waals surface area contributed by atoms with Crippen molar-refractivity contribution in [2.24, 2.45) is 5.73 Å². The number of urea groups is 1. The maximum atomic E-state index is 12.6. The van der Waals surface area contributed by atoms with Crippen molar-refractivity contribution >= 4 is 23.6 Å². The minimum atomic E-state index is -0.585. The van der Waals surface area contributed by atoms with Crippen LogP contribution in [0.5, 0.6) is 0 Å². The molecule has 0 unspecified atom stereocenters. The summed E-state index contributed by atoms with van der Waals surface area (Å²) in [5.41, 5.74) is 7.22. The fourth-order valence-electron chi connectivity index (χ4n) is 3.10. The molecule has 2 aromatic rings. The number of H-pyrrole nitrogens is 1. The fraction of sp³-hybridized carbons (Fsp3) is 0.333. The van der Waals surface area contributed by atoms with E-state index >= 15 is 0 Å². The highest BCUT2D eigenvalue weighted by Gasteiger charge is 2.26. The Kier molecular flexibility index (Phi) is 5.39. The van der Waals surface area contributed by atoms with Crippen LogP contribution in [-0.4, -0.2) is 53.2 Å². The van der Waals surface area contributed by atoms with Gasteiger partial charge in [0.2, 0.25) is 0 Å². The lowest BCUT2D eigenvalue weighted by molar-refractivity contribution is 0.0600. The number of carbonyl (C=O) groups excluding carboxylic acids is 3. The lowest BCUT2D eigenvalue weighted by Gasteiger charge is -2.32. The lowest BCUT2D eigenvalue weighted by atomic mass is 9.95. The highest BCUT2D eigenvalue weighted by molar-refractivity contribution is 5.92. The average molecular weight is 371 g/mol. The molecular weight excluding hydrogens is 350 g/mol. The summed E-state index contributed by atoms with van der Waals surface area (Å²) < 4.78 is 4.65. The molecule has 3 amide bonds. The maximum Gasteiger partial charge on any atom is 0.337 e. The summed E-state index contributed by atoms with van der Waals surface area (Å²) in [5.74, 6) is -0.952. The predicted octanol–water partition coefficient (Wildman–Crippen LogP) is 1.71. The van der Waals surface area contributed by atoms with E-state index in [4.69, 9.17) is 5.73 Å². The smallest absolute Gasteiger partial charge is 0.337 e. The number of aromatic amines is 1. The Morgan fingerprint density at radius 3 is 2.67 bits per heavy atom. The molecule has 4 N–H and O–H groups in total. The van der Waals surface area contributed by atoms with Gasteiger partial charge in [-0.05, 0) is 43.2 Å². The number of rotatable bonds is 4. The van der Waals surface area contributed by atoms with Crippen molar-refractivity contribution in [3.05, 3.63) is 47.3 Å². The molecule has 1 atom stereocenters. The Hall–Kier alpha value is -3.36. The largest absolute Gasteiger partial charge is 0.465 e. The van der Waals surface area contributed by atoms with Crippen molar-refractivity contribution in [3.8, 4) is 0 Å². The van der Waals surface area contributed by atoms with Crippen LogP contribution in [0.1, 0.15) is 45.3 Å². The van der Waals surface area contributed by atoms with Gasteiger partial charge in [0.15, 0.2) is 0 Å². The third kappa shape index (κ3) is 4.25. The molecule has 0 spiro atoms. The number of hydrogen-bond donors (Lipinski definition) is 3. The van der Waals surface area contributed by atoms with Crippen LogP contribution in [0, 0.1) is 0 Å². The lowest BCUT2D eigenvalue weighted by Crippen LogP contribution is -2.41. The normalized spacial score (nSPS) is 16.6. The first kappa shape index (κ1) is 18.4. The zero-order valence-electron chi connectivity index (χ0n) is 14.9. The quantitative estimate of drug-likeness (QED) is 0.704. The molecular formula is C18H21N5O4. The number of nitrogens with two attached hydrogens (primary N) is 1. The Morgan fingerprint density at radius 2 is 2.04 bits per heavy atom. The molecule has 1 aliphatic rings. The predicted molar refractivity (Wildman–Crippen MR) is 97.5 cm³/mol. The Balaban J connectivity index is 1.62. The van der Waals surface area contributed by atoms with Crippen LogP contribution < -0.4 is 11.1 Å². The maximum absolute atomic E-state index is 12.6. The molecule has 1 aliphatic heterocycles. The molecule has 3 rings (SSSR count). The standard InChI is InChI=1S/C18H21N5O4/c1-27-17(25)11-4-6-13(7-5-11)20-18(26)23-8-2-3-12(10-23)14-9-15(16(19)24)22-21-14/h4-7,9,12H,2-3,8,10H2,1H3,(H2,19,24)(H,20,26)(H,21,22)/t12-/m0/s1. The second-order valence-electron chi connectivity index (χ2n) is 6.36. The third-order valence-corrected chi connectivity index (χ3v) is 4.56. The van der Waals surface area contributed by atoms with Crippen LogP contribution in [0.3, 0.4) is 0 Å². The first-order valence-corrected chi connectivity index (χ1v) is 8.57. The van der Waals surface area contributed by atoms with Crippen LogP contribution in [0.4, 0.5) is 10.5 Å².